The second-order valence-electron chi connectivity index (χ2n) is 6.39. The van der Waals surface area contributed by atoms with E-state index in [1.165, 1.54) is 17.3 Å². The smallest absolute Gasteiger partial charge is 0.254 e. The van der Waals surface area contributed by atoms with Crippen molar-refractivity contribution in [2.24, 2.45) is 0 Å². The van der Waals surface area contributed by atoms with Crippen molar-refractivity contribution in [2.75, 3.05) is 33.3 Å². The van der Waals surface area contributed by atoms with E-state index >= 15 is 0 Å². The molecule has 1 aliphatic rings. The molecule has 1 aromatic heterocycles. The van der Waals surface area contributed by atoms with Crippen molar-refractivity contribution < 1.29 is 9.53 Å². The number of aromatic nitrogens is 2. The second-order valence-corrected chi connectivity index (χ2v) is 6.92. The molecule has 2 heterocycles. The first kappa shape index (κ1) is 16.9. The Bertz CT molecular complexity index is 919. The maximum absolute atomic E-state index is 12.7. The molecule has 0 saturated carbocycles. The Hall–Kier alpha value is -2.51. The minimum atomic E-state index is 0.0681. The fraction of sp³-hybridized carbons (Fsp3) is 0.316. The van der Waals surface area contributed by atoms with E-state index in [0.717, 1.165) is 43.8 Å². The molecule has 0 aliphatic carbocycles. The Morgan fingerprint density at radius 2 is 1.88 bits per heavy atom. The Morgan fingerprint density at radius 1 is 1.08 bits per heavy atom. The molecule has 2 aromatic carbocycles. The molecule has 26 heavy (non-hydrogen) atoms. The van der Waals surface area contributed by atoms with Crippen LogP contribution < -0.4 is 4.74 Å². The van der Waals surface area contributed by atoms with Crippen molar-refractivity contribution in [3.8, 4) is 5.75 Å². The van der Waals surface area contributed by atoms with E-state index in [0.29, 0.717) is 11.3 Å². The van der Waals surface area contributed by atoms with Crippen molar-refractivity contribution in [3.63, 3.8) is 0 Å². The van der Waals surface area contributed by atoms with Crippen LogP contribution in [0.15, 0.2) is 42.5 Å². The highest BCUT2D eigenvalue weighted by Gasteiger charge is 2.22. The van der Waals surface area contributed by atoms with Crippen LogP contribution in [0.1, 0.15) is 15.9 Å². The summed E-state index contributed by atoms with van der Waals surface area (Å²) in [4.78, 5) is 17.0. The zero-order valence-corrected chi connectivity index (χ0v) is 15.4. The summed E-state index contributed by atoms with van der Waals surface area (Å²) >= 11 is 1.24. The van der Waals surface area contributed by atoms with Crippen LogP contribution >= 0.6 is 11.7 Å². The molecule has 3 aromatic rings. The van der Waals surface area contributed by atoms with Gasteiger partial charge in [-0.3, -0.25) is 9.69 Å². The number of nitrogens with zero attached hydrogens (tertiary/aromatic N) is 4. The van der Waals surface area contributed by atoms with Gasteiger partial charge in [-0.2, -0.15) is 8.75 Å². The van der Waals surface area contributed by atoms with Gasteiger partial charge in [0, 0.05) is 38.3 Å². The van der Waals surface area contributed by atoms with Crippen molar-refractivity contribution in [2.45, 2.75) is 6.54 Å². The first-order chi connectivity index (χ1) is 12.7. The van der Waals surface area contributed by atoms with Gasteiger partial charge in [0.15, 0.2) is 0 Å². The van der Waals surface area contributed by atoms with E-state index in [2.05, 4.69) is 25.8 Å². The van der Waals surface area contributed by atoms with Gasteiger partial charge in [-0.05, 0) is 35.9 Å². The summed E-state index contributed by atoms with van der Waals surface area (Å²) in [5.41, 5.74) is 3.82. The number of piperazine rings is 1. The summed E-state index contributed by atoms with van der Waals surface area (Å²) in [6.07, 6.45) is 0. The number of benzene rings is 2. The number of hydrogen-bond donors (Lipinski definition) is 0. The van der Waals surface area contributed by atoms with E-state index in [1.807, 2.05) is 29.2 Å². The van der Waals surface area contributed by atoms with Gasteiger partial charge in [-0.25, -0.2) is 0 Å². The molecule has 0 atom stereocenters. The fourth-order valence-electron chi connectivity index (χ4n) is 3.23. The van der Waals surface area contributed by atoms with E-state index < -0.39 is 0 Å². The number of fused-ring (bicyclic) bond motifs is 1. The number of carbonyl (C=O) groups excluding carboxylic acids is 1. The maximum atomic E-state index is 12.7. The molecule has 0 spiro atoms. The third kappa shape index (κ3) is 3.54. The molecule has 0 bridgehead atoms. The zero-order valence-electron chi connectivity index (χ0n) is 14.6. The minimum absolute atomic E-state index is 0.0681. The number of rotatable bonds is 4. The van der Waals surface area contributed by atoms with Crippen LogP contribution in [0.25, 0.3) is 11.0 Å². The molecule has 1 saturated heterocycles. The summed E-state index contributed by atoms with van der Waals surface area (Å²) in [5, 5.41) is 0. The average Bonchev–Trinajstić information content (AvgIpc) is 3.16. The summed E-state index contributed by atoms with van der Waals surface area (Å²) < 4.78 is 13.8. The van der Waals surface area contributed by atoms with Crippen LogP contribution in [0.4, 0.5) is 0 Å². The molecule has 7 heteroatoms. The van der Waals surface area contributed by atoms with Gasteiger partial charge in [0.2, 0.25) is 0 Å². The highest BCUT2D eigenvalue weighted by atomic mass is 32.1. The SMILES string of the molecule is COc1cccc(C(=O)N2CCN(Cc3ccc4nsnc4c3)CC2)c1. The van der Waals surface area contributed by atoms with Crippen LogP contribution in [-0.2, 0) is 6.54 Å². The monoisotopic (exact) mass is 368 g/mol. The molecular formula is C19H20N4O2S. The lowest BCUT2D eigenvalue weighted by molar-refractivity contribution is 0.0628. The molecule has 6 nitrogen and oxygen atoms in total. The zero-order chi connectivity index (χ0) is 17.9. The first-order valence-electron chi connectivity index (χ1n) is 8.60. The van der Waals surface area contributed by atoms with E-state index in [-0.39, 0.29) is 5.91 Å². The molecule has 0 radical (unpaired) electrons. The molecule has 4 rings (SSSR count). The van der Waals surface area contributed by atoms with Gasteiger partial charge in [0.05, 0.1) is 18.8 Å². The molecule has 1 fully saturated rings. The number of hydrogen-bond acceptors (Lipinski definition) is 6. The third-order valence-corrected chi connectivity index (χ3v) is 5.26. The van der Waals surface area contributed by atoms with Crippen molar-refractivity contribution >= 4 is 28.7 Å². The summed E-state index contributed by atoms with van der Waals surface area (Å²) in [7, 11) is 1.61. The lowest BCUT2D eigenvalue weighted by Gasteiger charge is -2.34. The molecule has 1 aliphatic heterocycles. The largest absolute Gasteiger partial charge is 0.497 e. The van der Waals surface area contributed by atoms with Crippen LogP contribution in [0.3, 0.4) is 0 Å². The van der Waals surface area contributed by atoms with Gasteiger partial charge >= 0.3 is 0 Å². The van der Waals surface area contributed by atoms with Crippen molar-refractivity contribution in [1.29, 1.82) is 0 Å². The van der Waals surface area contributed by atoms with Gasteiger partial charge in [0.25, 0.3) is 5.91 Å². The fourth-order valence-corrected chi connectivity index (χ4v) is 3.75. The minimum Gasteiger partial charge on any atom is -0.497 e. The Labute approximate surface area is 156 Å². The molecule has 0 N–H and O–H groups in total. The number of amides is 1. The van der Waals surface area contributed by atoms with Gasteiger partial charge in [-0.1, -0.05) is 12.1 Å². The van der Waals surface area contributed by atoms with Gasteiger partial charge < -0.3 is 9.64 Å². The summed E-state index contributed by atoms with van der Waals surface area (Å²) in [6.45, 7) is 4.06. The van der Waals surface area contributed by atoms with Gasteiger partial charge in [0.1, 0.15) is 16.8 Å². The molecular weight excluding hydrogens is 348 g/mol. The third-order valence-electron chi connectivity index (χ3n) is 4.70. The van der Waals surface area contributed by atoms with Crippen LogP contribution in [0, 0.1) is 0 Å². The molecule has 0 unspecified atom stereocenters. The lowest BCUT2D eigenvalue weighted by Crippen LogP contribution is -2.48. The predicted octanol–water partition coefficient (Wildman–Crippen LogP) is 2.66. The quantitative estimate of drug-likeness (QED) is 0.709. The Morgan fingerprint density at radius 3 is 2.69 bits per heavy atom. The van der Waals surface area contributed by atoms with Crippen molar-refractivity contribution in [3.05, 3.63) is 53.6 Å². The van der Waals surface area contributed by atoms with Crippen LogP contribution in [0.2, 0.25) is 0 Å². The Balaban J connectivity index is 1.36. The molecule has 134 valence electrons. The van der Waals surface area contributed by atoms with E-state index in [4.69, 9.17) is 4.74 Å². The number of methoxy groups -OCH3 is 1. The summed E-state index contributed by atoms with van der Waals surface area (Å²) in [5.74, 6) is 0.778. The first-order valence-corrected chi connectivity index (χ1v) is 9.33. The highest BCUT2D eigenvalue weighted by molar-refractivity contribution is 7.00. The molecule has 1 amide bonds. The van der Waals surface area contributed by atoms with Gasteiger partial charge in [-0.15, -0.1) is 0 Å². The van der Waals surface area contributed by atoms with Crippen molar-refractivity contribution in [1.82, 2.24) is 18.5 Å². The number of ether oxygens (including phenoxy) is 1. The van der Waals surface area contributed by atoms with Crippen LogP contribution in [0.5, 0.6) is 5.75 Å². The normalized spacial score (nSPS) is 15.3. The topological polar surface area (TPSA) is 58.6 Å². The highest BCUT2D eigenvalue weighted by Crippen LogP contribution is 2.18. The Kier molecular flexibility index (Phi) is 4.81. The predicted molar refractivity (Wildman–Crippen MR) is 102 cm³/mol. The maximum Gasteiger partial charge on any atom is 0.254 e. The lowest BCUT2D eigenvalue weighted by atomic mass is 10.1. The van der Waals surface area contributed by atoms with E-state index in [9.17, 15) is 4.79 Å². The standard InChI is InChI=1S/C19H20N4O2S/c1-25-16-4-2-3-15(12-16)19(24)23-9-7-22(8-10-23)13-14-5-6-17-18(11-14)21-26-20-17/h2-6,11-12H,7-10,13H2,1H3. The average molecular weight is 368 g/mol. The van der Waals surface area contributed by atoms with E-state index in [1.54, 1.807) is 13.2 Å². The summed E-state index contributed by atoms with van der Waals surface area (Å²) in [6, 6.07) is 13.6. The van der Waals surface area contributed by atoms with Crippen LogP contribution in [-0.4, -0.2) is 57.7 Å². The second kappa shape index (κ2) is 7.39. The number of carbonyl (C=O) groups is 1.